The molecule has 0 bridgehead atoms. The number of benzene rings is 2. The molecule has 2 aromatic carbocycles. The quantitative estimate of drug-likeness (QED) is 0.290. The number of fused-ring (bicyclic) bond motifs is 2. The van der Waals surface area contributed by atoms with Gasteiger partial charge in [-0.15, -0.1) is 11.3 Å². The average molecular weight is 576 g/mol. The van der Waals surface area contributed by atoms with E-state index in [9.17, 15) is 4.79 Å². The van der Waals surface area contributed by atoms with Crippen molar-refractivity contribution in [1.82, 2.24) is 30.2 Å². The molecule has 0 saturated carbocycles. The van der Waals surface area contributed by atoms with Crippen molar-refractivity contribution in [1.29, 1.82) is 0 Å². The van der Waals surface area contributed by atoms with Gasteiger partial charge in [-0.25, -0.2) is 34.1 Å². The zero-order valence-electron chi connectivity index (χ0n) is 22.5. The molecule has 1 aliphatic heterocycles. The van der Waals surface area contributed by atoms with Crippen LogP contribution in [0.15, 0.2) is 42.9 Å². The minimum atomic E-state index is -0.660. The first kappa shape index (κ1) is 26.7. The summed E-state index contributed by atoms with van der Waals surface area (Å²) in [5.41, 5.74) is 4.06. The fourth-order valence-corrected chi connectivity index (χ4v) is 5.60. The van der Waals surface area contributed by atoms with E-state index in [-0.39, 0.29) is 5.75 Å². The van der Waals surface area contributed by atoms with Crippen LogP contribution in [-0.2, 0) is 4.74 Å². The fourth-order valence-electron chi connectivity index (χ4n) is 4.61. The van der Waals surface area contributed by atoms with Gasteiger partial charge in [0.25, 0.3) is 0 Å². The Balaban J connectivity index is 1.24. The van der Waals surface area contributed by atoms with Gasteiger partial charge in [0.1, 0.15) is 23.0 Å². The van der Waals surface area contributed by atoms with Crippen LogP contribution in [0.5, 0.6) is 11.6 Å². The zero-order chi connectivity index (χ0) is 28.5. The molecule has 1 fully saturated rings. The van der Waals surface area contributed by atoms with Crippen molar-refractivity contribution in [2.24, 2.45) is 0 Å². The fraction of sp³-hybridized carbons (Fsp3) is 0.286. The Hall–Kier alpha value is -4.49. The molecular formula is C28H26FN7O4S. The van der Waals surface area contributed by atoms with E-state index in [0.717, 1.165) is 15.8 Å². The Morgan fingerprint density at radius 2 is 1.88 bits per heavy atom. The van der Waals surface area contributed by atoms with E-state index in [4.69, 9.17) is 14.2 Å². The Morgan fingerprint density at radius 1 is 1.05 bits per heavy atom. The Kier molecular flexibility index (Phi) is 7.28. The van der Waals surface area contributed by atoms with Gasteiger partial charge in [0.15, 0.2) is 11.6 Å². The average Bonchev–Trinajstić information content (AvgIpc) is 3.37. The highest BCUT2D eigenvalue weighted by atomic mass is 32.1. The summed E-state index contributed by atoms with van der Waals surface area (Å²) in [4.78, 5) is 34.4. The van der Waals surface area contributed by atoms with Crippen LogP contribution in [0.4, 0.5) is 14.9 Å². The second-order valence-electron chi connectivity index (χ2n) is 9.60. The number of carbonyl (C=O) groups is 1. The smallest absolute Gasteiger partial charge is 0.412 e. The molecule has 2 N–H and O–H groups in total. The standard InChI is InChI=1S/C28H26FN7O4S/c1-14-6-17(26-20(7-14)35-25(38-3)13-33-26)27-36-19-8-18(29)22(9-24(19)41-27)39-23-12-30-5-4-21(23)40-28(37)34-16-10-31-15(2)32-11-16/h6-11,13,21,23,30H,4-5,12H2,1-3H3,(H,34,37)/t21-,23+/m0/s1. The third-order valence-corrected chi connectivity index (χ3v) is 7.63. The van der Waals surface area contributed by atoms with Crippen molar-refractivity contribution in [3.8, 4) is 22.2 Å². The van der Waals surface area contributed by atoms with E-state index >= 15 is 4.39 Å². The van der Waals surface area contributed by atoms with Gasteiger partial charge in [0.05, 0.1) is 52.6 Å². The minimum absolute atomic E-state index is 0.0565. The topological polar surface area (TPSA) is 133 Å². The number of aromatic nitrogens is 5. The number of hydrogen-bond donors (Lipinski definition) is 2. The predicted octanol–water partition coefficient (Wildman–Crippen LogP) is 4.82. The maximum absolute atomic E-state index is 15.2. The number of piperidine rings is 1. The van der Waals surface area contributed by atoms with Crippen molar-refractivity contribution >= 4 is 44.4 Å². The molecule has 2 atom stereocenters. The van der Waals surface area contributed by atoms with E-state index in [0.29, 0.717) is 58.5 Å². The minimum Gasteiger partial charge on any atom is -0.482 e. The molecule has 0 spiro atoms. The van der Waals surface area contributed by atoms with Crippen LogP contribution in [0.1, 0.15) is 17.8 Å². The summed E-state index contributed by atoms with van der Waals surface area (Å²) >= 11 is 1.40. The lowest BCUT2D eigenvalue weighted by Crippen LogP contribution is -2.49. The number of aryl methyl sites for hydroxylation is 2. The third kappa shape index (κ3) is 5.72. The molecule has 1 aliphatic rings. The lowest BCUT2D eigenvalue weighted by molar-refractivity contribution is 0.00330. The monoisotopic (exact) mass is 575 g/mol. The van der Waals surface area contributed by atoms with Gasteiger partial charge in [0, 0.05) is 30.7 Å². The lowest BCUT2D eigenvalue weighted by Gasteiger charge is -2.32. The molecule has 41 heavy (non-hydrogen) atoms. The number of hydrogen-bond acceptors (Lipinski definition) is 11. The van der Waals surface area contributed by atoms with E-state index in [2.05, 4.69) is 35.6 Å². The van der Waals surface area contributed by atoms with Crippen LogP contribution in [0.2, 0.25) is 0 Å². The van der Waals surface area contributed by atoms with Gasteiger partial charge in [-0.1, -0.05) is 0 Å². The molecule has 1 saturated heterocycles. The highest BCUT2D eigenvalue weighted by Gasteiger charge is 2.31. The molecule has 210 valence electrons. The van der Waals surface area contributed by atoms with E-state index in [1.807, 2.05) is 19.1 Å². The van der Waals surface area contributed by atoms with Crippen LogP contribution in [-0.4, -0.2) is 63.4 Å². The largest absolute Gasteiger partial charge is 0.482 e. The Bertz CT molecular complexity index is 1750. The number of halogens is 1. The highest BCUT2D eigenvalue weighted by molar-refractivity contribution is 7.21. The number of methoxy groups -OCH3 is 1. The number of nitrogens with one attached hydrogen (secondary N) is 2. The highest BCUT2D eigenvalue weighted by Crippen LogP contribution is 2.37. The molecule has 0 unspecified atom stereocenters. The molecule has 5 aromatic rings. The number of carbonyl (C=O) groups excluding carboxylic acids is 1. The molecule has 13 heteroatoms. The van der Waals surface area contributed by atoms with Crippen LogP contribution < -0.4 is 20.1 Å². The Morgan fingerprint density at radius 3 is 2.68 bits per heavy atom. The SMILES string of the molecule is COc1cnc2c(-c3nc4cc(F)c(O[C@@H]5CNCC[C@@H]5OC(=O)Nc5cnc(C)nc5)cc4s3)cc(C)cc2n1. The van der Waals surface area contributed by atoms with Crippen molar-refractivity contribution < 1.29 is 23.4 Å². The maximum atomic E-state index is 15.2. The molecule has 0 aliphatic carbocycles. The van der Waals surface area contributed by atoms with Gasteiger partial charge in [-0.05, 0) is 38.1 Å². The van der Waals surface area contributed by atoms with Crippen LogP contribution in [0.3, 0.4) is 0 Å². The molecule has 6 rings (SSSR count). The first-order chi connectivity index (χ1) is 19.9. The van der Waals surface area contributed by atoms with Crippen LogP contribution in [0, 0.1) is 19.7 Å². The first-order valence-electron chi connectivity index (χ1n) is 12.9. The zero-order valence-corrected chi connectivity index (χ0v) is 23.3. The van der Waals surface area contributed by atoms with Crippen molar-refractivity contribution in [2.45, 2.75) is 32.5 Å². The van der Waals surface area contributed by atoms with Crippen molar-refractivity contribution in [3.05, 3.63) is 60.1 Å². The number of rotatable bonds is 6. The number of nitrogens with zero attached hydrogens (tertiary/aromatic N) is 5. The maximum Gasteiger partial charge on any atom is 0.412 e. The second kappa shape index (κ2) is 11.2. The summed E-state index contributed by atoms with van der Waals surface area (Å²) in [5, 5.41) is 6.52. The summed E-state index contributed by atoms with van der Waals surface area (Å²) in [7, 11) is 1.54. The van der Waals surface area contributed by atoms with Gasteiger partial charge >= 0.3 is 6.09 Å². The molecule has 1 amide bonds. The van der Waals surface area contributed by atoms with Gasteiger partial charge < -0.3 is 19.5 Å². The van der Waals surface area contributed by atoms with Gasteiger partial charge in [-0.2, -0.15) is 0 Å². The number of thiazole rings is 1. The van der Waals surface area contributed by atoms with E-state index in [1.54, 1.807) is 26.3 Å². The summed E-state index contributed by atoms with van der Waals surface area (Å²) in [6.07, 6.45) is 3.20. The van der Waals surface area contributed by atoms with E-state index in [1.165, 1.54) is 29.8 Å². The van der Waals surface area contributed by atoms with Gasteiger partial charge in [0.2, 0.25) is 5.88 Å². The Labute approximate surface area is 238 Å². The normalized spacial score (nSPS) is 17.0. The van der Waals surface area contributed by atoms with Gasteiger partial charge in [-0.3, -0.25) is 5.32 Å². The number of amides is 1. The van der Waals surface area contributed by atoms with Crippen LogP contribution in [0.25, 0.3) is 31.8 Å². The summed E-state index contributed by atoms with van der Waals surface area (Å²) < 4.78 is 32.9. The lowest BCUT2D eigenvalue weighted by atomic mass is 10.1. The molecule has 11 nitrogen and oxygen atoms in total. The molecule has 4 heterocycles. The molecular weight excluding hydrogens is 549 g/mol. The summed E-state index contributed by atoms with van der Waals surface area (Å²) in [6, 6.07) is 6.90. The van der Waals surface area contributed by atoms with Crippen molar-refractivity contribution in [3.63, 3.8) is 0 Å². The second-order valence-corrected chi connectivity index (χ2v) is 10.6. The van der Waals surface area contributed by atoms with Crippen molar-refractivity contribution in [2.75, 3.05) is 25.5 Å². The predicted molar refractivity (Wildman–Crippen MR) is 152 cm³/mol. The summed E-state index contributed by atoms with van der Waals surface area (Å²) in [5.74, 6) is 0.507. The van der Waals surface area contributed by atoms with Crippen LogP contribution >= 0.6 is 11.3 Å². The number of ether oxygens (including phenoxy) is 3. The van der Waals surface area contributed by atoms with E-state index < -0.39 is 24.1 Å². The number of anilines is 1. The molecule has 0 radical (unpaired) electrons. The first-order valence-corrected chi connectivity index (χ1v) is 13.7. The third-order valence-electron chi connectivity index (χ3n) is 6.58. The molecule has 3 aromatic heterocycles. The summed E-state index contributed by atoms with van der Waals surface area (Å²) in [6.45, 7) is 4.73.